The number of amides is 2. The molecule has 1 heterocycles. The molecule has 158 valence electrons. The van der Waals surface area contributed by atoms with Gasteiger partial charge in [0, 0.05) is 17.8 Å². The van der Waals surface area contributed by atoms with Crippen molar-refractivity contribution in [1.29, 1.82) is 0 Å². The second kappa shape index (κ2) is 8.49. The Morgan fingerprint density at radius 2 is 1.90 bits per heavy atom. The van der Waals surface area contributed by atoms with Gasteiger partial charge in [0.25, 0.3) is 10.0 Å². The van der Waals surface area contributed by atoms with Crippen molar-refractivity contribution in [3.05, 3.63) is 42.5 Å². The van der Waals surface area contributed by atoms with Crippen LogP contribution >= 0.6 is 11.3 Å². The number of rotatable bonds is 6. The van der Waals surface area contributed by atoms with Gasteiger partial charge in [-0.3, -0.25) is 4.72 Å². The van der Waals surface area contributed by atoms with Gasteiger partial charge < -0.3 is 15.4 Å². The highest BCUT2D eigenvalue weighted by Gasteiger charge is 2.20. The number of methoxy groups -OCH3 is 1. The van der Waals surface area contributed by atoms with E-state index in [0.29, 0.717) is 21.7 Å². The summed E-state index contributed by atoms with van der Waals surface area (Å²) in [7, 11) is -2.24. The number of ether oxygens (including phenoxy) is 1. The first kappa shape index (κ1) is 20.4. The molecule has 0 unspecified atom stereocenters. The number of aromatic nitrogens is 1. The molecule has 0 saturated heterocycles. The number of carbonyl (C=O) groups is 1. The fourth-order valence-electron chi connectivity index (χ4n) is 3.47. The Kier molecular flexibility index (Phi) is 5.78. The quantitative estimate of drug-likeness (QED) is 0.526. The van der Waals surface area contributed by atoms with Crippen LogP contribution in [0.3, 0.4) is 0 Å². The Morgan fingerprint density at radius 1 is 1.17 bits per heavy atom. The Balaban J connectivity index is 1.56. The predicted octanol–water partition coefficient (Wildman–Crippen LogP) is 4.17. The van der Waals surface area contributed by atoms with Gasteiger partial charge in [0.15, 0.2) is 5.13 Å². The number of nitrogens with zero attached hydrogens (tertiary/aromatic N) is 1. The number of sulfonamides is 1. The smallest absolute Gasteiger partial charge is 0.319 e. The van der Waals surface area contributed by atoms with Crippen molar-refractivity contribution in [2.45, 2.75) is 36.6 Å². The molecule has 0 bridgehead atoms. The van der Waals surface area contributed by atoms with E-state index in [1.807, 2.05) is 0 Å². The summed E-state index contributed by atoms with van der Waals surface area (Å²) in [6, 6.07) is 11.5. The maximum atomic E-state index is 12.6. The predicted molar refractivity (Wildman–Crippen MR) is 118 cm³/mol. The van der Waals surface area contributed by atoms with Gasteiger partial charge in [0.1, 0.15) is 11.3 Å². The molecular formula is C20H22N4O4S2. The van der Waals surface area contributed by atoms with Gasteiger partial charge in [-0.25, -0.2) is 18.2 Å². The van der Waals surface area contributed by atoms with E-state index in [0.717, 1.165) is 25.7 Å². The summed E-state index contributed by atoms with van der Waals surface area (Å²) in [4.78, 5) is 16.8. The lowest BCUT2D eigenvalue weighted by atomic mass is 10.2. The van der Waals surface area contributed by atoms with Crippen molar-refractivity contribution in [2.75, 3.05) is 17.1 Å². The average Bonchev–Trinajstić information content (AvgIpc) is 3.37. The van der Waals surface area contributed by atoms with Crippen molar-refractivity contribution < 1.29 is 17.9 Å². The van der Waals surface area contributed by atoms with Crippen molar-refractivity contribution in [3.63, 3.8) is 0 Å². The fraction of sp³-hybridized carbons (Fsp3) is 0.300. The lowest BCUT2D eigenvalue weighted by molar-refractivity contribution is 0.248. The third-order valence-electron chi connectivity index (χ3n) is 4.90. The second-order valence-electron chi connectivity index (χ2n) is 7.04. The molecular weight excluding hydrogens is 424 g/mol. The van der Waals surface area contributed by atoms with Crippen LogP contribution in [0.15, 0.2) is 47.4 Å². The van der Waals surface area contributed by atoms with E-state index in [2.05, 4.69) is 20.3 Å². The van der Waals surface area contributed by atoms with E-state index in [4.69, 9.17) is 4.74 Å². The van der Waals surface area contributed by atoms with Gasteiger partial charge in [-0.05, 0) is 31.0 Å². The van der Waals surface area contributed by atoms with Crippen molar-refractivity contribution in [1.82, 2.24) is 10.3 Å². The summed E-state index contributed by atoms with van der Waals surface area (Å²) in [5.74, 6) is 0.449. The van der Waals surface area contributed by atoms with Gasteiger partial charge >= 0.3 is 6.03 Å². The number of hydrogen-bond donors (Lipinski definition) is 3. The van der Waals surface area contributed by atoms with Crippen LogP contribution in [0.2, 0.25) is 0 Å². The first-order chi connectivity index (χ1) is 14.4. The number of hydrogen-bond acceptors (Lipinski definition) is 6. The minimum atomic E-state index is -3.75. The van der Waals surface area contributed by atoms with E-state index >= 15 is 0 Å². The van der Waals surface area contributed by atoms with Gasteiger partial charge in [0.2, 0.25) is 0 Å². The number of fused-ring (bicyclic) bond motifs is 1. The monoisotopic (exact) mass is 446 g/mol. The fourth-order valence-corrected chi connectivity index (χ4v) is 5.65. The number of benzene rings is 2. The third-order valence-corrected chi connectivity index (χ3v) is 7.31. The summed E-state index contributed by atoms with van der Waals surface area (Å²) >= 11 is 1.17. The minimum absolute atomic E-state index is 0.155. The first-order valence-corrected chi connectivity index (χ1v) is 11.9. The van der Waals surface area contributed by atoms with E-state index < -0.39 is 10.0 Å². The molecule has 2 amide bonds. The zero-order valence-electron chi connectivity index (χ0n) is 16.3. The van der Waals surface area contributed by atoms with Crippen LogP contribution in [0, 0.1) is 0 Å². The number of carbonyl (C=O) groups excluding carboxylic acids is 1. The molecule has 3 N–H and O–H groups in total. The molecule has 30 heavy (non-hydrogen) atoms. The summed E-state index contributed by atoms with van der Waals surface area (Å²) in [5, 5.41) is 6.02. The van der Waals surface area contributed by atoms with Crippen LogP contribution in [0.4, 0.5) is 15.6 Å². The third kappa shape index (κ3) is 4.49. The molecule has 0 aliphatic heterocycles. The SMILES string of the molecule is COc1cc(NC(=O)NC2CCCC2)cc2sc(NS(=O)(=O)c3ccccc3)nc12. The number of thiazole rings is 1. The summed E-state index contributed by atoms with van der Waals surface area (Å²) in [6.45, 7) is 0. The zero-order chi connectivity index (χ0) is 21.1. The summed E-state index contributed by atoms with van der Waals surface area (Å²) in [6.07, 6.45) is 4.26. The van der Waals surface area contributed by atoms with Crippen LogP contribution in [-0.4, -0.2) is 32.6 Å². The Morgan fingerprint density at radius 3 is 2.60 bits per heavy atom. The molecule has 10 heteroatoms. The Labute approximate surface area is 178 Å². The summed E-state index contributed by atoms with van der Waals surface area (Å²) in [5.41, 5.74) is 1.07. The lowest BCUT2D eigenvalue weighted by Crippen LogP contribution is -2.36. The van der Waals surface area contributed by atoms with Gasteiger partial charge in [-0.1, -0.05) is 42.4 Å². The van der Waals surface area contributed by atoms with Crippen molar-refractivity contribution in [3.8, 4) is 5.75 Å². The van der Waals surface area contributed by atoms with Gasteiger partial charge in [-0.2, -0.15) is 0 Å². The molecule has 2 aromatic carbocycles. The molecule has 1 aliphatic carbocycles. The molecule has 1 fully saturated rings. The molecule has 0 atom stereocenters. The van der Waals surface area contributed by atoms with Crippen LogP contribution in [0.25, 0.3) is 10.2 Å². The molecule has 0 radical (unpaired) electrons. The van der Waals surface area contributed by atoms with Crippen LogP contribution in [0.5, 0.6) is 5.75 Å². The Hall–Kier alpha value is -2.85. The molecule has 3 aromatic rings. The van der Waals surface area contributed by atoms with Crippen LogP contribution < -0.4 is 20.1 Å². The Bertz CT molecular complexity index is 1160. The lowest BCUT2D eigenvalue weighted by Gasteiger charge is -2.13. The van der Waals surface area contributed by atoms with Crippen LogP contribution in [0.1, 0.15) is 25.7 Å². The molecule has 0 spiro atoms. The first-order valence-electron chi connectivity index (χ1n) is 9.58. The van der Waals surface area contributed by atoms with Crippen LogP contribution in [-0.2, 0) is 10.0 Å². The molecule has 4 rings (SSSR count). The zero-order valence-corrected chi connectivity index (χ0v) is 18.0. The van der Waals surface area contributed by atoms with Crippen molar-refractivity contribution >= 4 is 48.4 Å². The van der Waals surface area contributed by atoms with E-state index in [1.165, 1.54) is 30.6 Å². The maximum Gasteiger partial charge on any atom is 0.319 e. The molecule has 1 aliphatic rings. The normalized spacial score (nSPS) is 14.6. The highest BCUT2D eigenvalue weighted by molar-refractivity contribution is 7.93. The van der Waals surface area contributed by atoms with Crippen molar-refractivity contribution in [2.24, 2.45) is 0 Å². The van der Waals surface area contributed by atoms with Gasteiger partial charge in [-0.15, -0.1) is 0 Å². The maximum absolute atomic E-state index is 12.6. The number of nitrogens with one attached hydrogen (secondary N) is 3. The number of urea groups is 1. The second-order valence-corrected chi connectivity index (χ2v) is 9.76. The number of anilines is 2. The largest absolute Gasteiger partial charge is 0.494 e. The highest BCUT2D eigenvalue weighted by Crippen LogP contribution is 2.36. The van der Waals surface area contributed by atoms with Gasteiger partial charge in [0.05, 0.1) is 16.7 Å². The standard InChI is InChI=1S/C20H22N4O4S2/c1-28-16-11-14(22-19(25)21-13-7-5-6-8-13)12-17-18(16)23-20(29-17)24-30(26,27)15-9-3-2-4-10-15/h2-4,9-13H,5-8H2,1H3,(H,23,24)(H2,21,22,25). The topological polar surface area (TPSA) is 109 Å². The molecule has 8 nitrogen and oxygen atoms in total. The summed E-state index contributed by atoms with van der Waals surface area (Å²) < 4.78 is 33.7. The van der Waals surface area contributed by atoms with E-state index in [9.17, 15) is 13.2 Å². The highest BCUT2D eigenvalue weighted by atomic mass is 32.2. The van der Waals surface area contributed by atoms with E-state index in [1.54, 1.807) is 30.3 Å². The minimum Gasteiger partial charge on any atom is -0.494 e. The molecule has 1 saturated carbocycles. The average molecular weight is 447 g/mol. The molecule has 1 aromatic heterocycles. The van der Waals surface area contributed by atoms with E-state index in [-0.39, 0.29) is 22.1 Å².